The number of hydrogen-bond acceptors (Lipinski definition) is 4. The Morgan fingerprint density at radius 1 is 0.447 bits per heavy atom. The van der Waals surface area contributed by atoms with Gasteiger partial charge in [-0.1, -0.05) is 133 Å². The van der Waals surface area contributed by atoms with E-state index in [1.807, 2.05) is 0 Å². The van der Waals surface area contributed by atoms with Gasteiger partial charge in [0, 0.05) is 27.5 Å². The van der Waals surface area contributed by atoms with E-state index >= 15 is 0 Å². The van der Waals surface area contributed by atoms with Gasteiger partial charge >= 0.3 is 0 Å². The van der Waals surface area contributed by atoms with Crippen LogP contribution in [0.2, 0.25) is 0 Å². The second-order valence-electron chi connectivity index (χ2n) is 9.90. The zero-order valence-corrected chi connectivity index (χ0v) is 23.6. The number of rotatable bonds is 5. The maximum Gasteiger partial charge on any atom is 0.164 e. The van der Waals surface area contributed by atoms with Crippen LogP contribution < -0.4 is 0 Å². The van der Waals surface area contributed by atoms with Crippen LogP contribution in [-0.4, -0.2) is 15.0 Å². The largest absolute Gasteiger partial charge is 0.456 e. The molecule has 0 aliphatic rings. The van der Waals surface area contributed by atoms with Crippen molar-refractivity contribution in [3.05, 3.63) is 163 Å². The van der Waals surface area contributed by atoms with Crippen LogP contribution in [0.25, 0.3) is 89.1 Å². The maximum absolute atomic E-state index is 9.41. The van der Waals surface area contributed by atoms with Crippen molar-refractivity contribution >= 4 is 32.7 Å². The highest BCUT2D eigenvalue weighted by Crippen LogP contribution is 2.38. The van der Waals surface area contributed by atoms with Gasteiger partial charge in [0.25, 0.3) is 0 Å². The van der Waals surface area contributed by atoms with Crippen molar-refractivity contribution in [3.63, 3.8) is 0 Å². The lowest BCUT2D eigenvalue weighted by atomic mass is 9.97. The molecule has 4 heteroatoms. The summed E-state index contributed by atoms with van der Waals surface area (Å²) < 4.78 is 205. The minimum absolute atomic E-state index is 0.00905. The average molecular weight is 625 g/mol. The summed E-state index contributed by atoms with van der Waals surface area (Å²) in [5.74, 6) is -1.62. The van der Waals surface area contributed by atoms with Crippen LogP contribution in [0.4, 0.5) is 0 Å². The van der Waals surface area contributed by atoms with Crippen molar-refractivity contribution in [1.29, 1.82) is 0 Å². The van der Waals surface area contributed by atoms with E-state index in [0.29, 0.717) is 0 Å². The van der Waals surface area contributed by atoms with Crippen LogP contribution in [-0.2, 0) is 0 Å². The first-order valence-electron chi connectivity index (χ1n) is 25.3. The van der Waals surface area contributed by atoms with Crippen molar-refractivity contribution in [2.45, 2.75) is 0 Å². The lowest BCUT2D eigenvalue weighted by molar-refractivity contribution is 0.669. The Morgan fingerprint density at radius 2 is 1.04 bits per heavy atom. The summed E-state index contributed by atoms with van der Waals surface area (Å²) in [4.78, 5) is 13.4. The molecule has 0 aliphatic carbocycles. The number of hydrogen-bond donors (Lipinski definition) is 0. The van der Waals surface area contributed by atoms with Gasteiger partial charge in [-0.2, -0.15) is 0 Å². The molecule has 7 aromatic carbocycles. The van der Waals surface area contributed by atoms with E-state index in [9.17, 15) is 2.74 Å². The van der Waals surface area contributed by atoms with Crippen LogP contribution in [0.3, 0.4) is 0 Å². The first-order chi connectivity index (χ1) is 32.8. The van der Waals surface area contributed by atoms with Crippen molar-refractivity contribution in [3.8, 4) is 56.4 Å². The van der Waals surface area contributed by atoms with Gasteiger partial charge in [0.05, 0.1) is 31.5 Å². The van der Waals surface area contributed by atoms with E-state index in [4.69, 9.17) is 33.2 Å². The highest BCUT2D eigenvalue weighted by Gasteiger charge is 2.16. The van der Waals surface area contributed by atoms with Crippen molar-refractivity contribution in [2.75, 3.05) is 0 Å². The molecule has 2 heterocycles. The topological polar surface area (TPSA) is 51.8 Å². The predicted molar refractivity (Wildman–Crippen MR) is 192 cm³/mol. The molecule has 9 rings (SSSR count). The van der Waals surface area contributed by atoms with Crippen molar-refractivity contribution < 1.29 is 35.9 Å². The van der Waals surface area contributed by atoms with E-state index in [-0.39, 0.29) is 44.5 Å². The molecule has 0 atom stereocenters. The van der Waals surface area contributed by atoms with E-state index in [1.165, 1.54) is 24.3 Å². The van der Waals surface area contributed by atoms with Gasteiger partial charge in [0.2, 0.25) is 0 Å². The Labute approximate surface area is 304 Å². The van der Waals surface area contributed by atoms with E-state index in [0.717, 1.165) is 0 Å². The van der Waals surface area contributed by atoms with Crippen molar-refractivity contribution in [2.24, 2.45) is 0 Å². The molecule has 220 valence electrons. The van der Waals surface area contributed by atoms with Gasteiger partial charge in [-0.25, -0.2) is 15.0 Å². The molecule has 0 fully saturated rings. The molecule has 47 heavy (non-hydrogen) atoms. The van der Waals surface area contributed by atoms with Gasteiger partial charge in [0.1, 0.15) is 11.2 Å². The Bertz CT molecular complexity index is 3830. The SMILES string of the molecule is [2H]c1c([2H])c([2H])c(-c2nc(-c3cccc(-c4c([2H])c([2H])c([2H])c5oc6c([2H])c([2H])c([2H])c([2H])c6c45)c3)nc(-c3c([2H])c([2H])c4c([2H])c(-c5c([2H])c([2H])c([2H])c([2H])c5[2H])c([2H])c([2H])c4c3[2H])n2)c([2H])c1[2H]. The van der Waals surface area contributed by atoms with E-state index < -0.39 is 184 Å². The number of furan rings is 1. The smallest absolute Gasteiger partial charge is 0.164 e. The van der Waals surface area contributed by atoms with Crippen LogP contribution >= 0.6 is 0 Å². The summed E-state index contributed by atoms with van der Waals surface area (Å²) in [7, 11) is 0. The second-order valence-corrected chi connectivity index (χ2v) is 9.90. The molecule has 0 spiro atoms. The molecule has 0 unspecified atom stereocenters. The Balaban J connectivity index is 1.36. The summed E-state index contributed by atoms with van der Waals surface area (Å²) in [5.41, 5.74) is -3.10. The molecule has 0 saturated heterocycles. The number of fused-ring (bicyclic) bond motifs is 4. The molecule has 2 aromatic heterocycles. The molecule has 0 saturated carbocycles. The number of nitrogens with zero attached hydrogens (tertiary/aromatic N) is 3. The highest BCUT2D eigenvalue weighted by atomic mass is 16.3. The third-order valence-corrected chi connectivity index (χ3v) is 7.06. The summed E-state index contributed by atoms with van der Waals surface area (Å²) in [5, 5.41) is -1.42. The Morgan fingerprint density at radius 3 is 1.83 bits per heavy atom. The monoisotopic (exact) mass is 624 g/mol. The van der Waals surface area contributed by atoms with Crippen LogP contribution in [0.15, 0.2) is 168 Å². The molecule has 0 bridgehead atoms. The first-order valence-corrected chi connectivity index (χ1v) is 13.8. The number of para-hydroxylation sites is 1. The van der Waals surface area contributed by atoms with Gasteiger partial charge < -0.3 is 4.42 Å². The third-order valence-electron chi connectivity index (χ3n) is 7.06. The molecule has 9 aromatic rings. The van der Waals surface area contributed by atoms with Gasteiger partial charge in [-0.05, 0) is 63.3 Å². The minimum Gasteiger partial charge on any atom is -0.456 e. The van der Waals surface area contributed by atoms with E-state index in [1.54, 1.807) is 0 Å². The summed E-state index contributed by atoms with van der Waals surface area (Å²) in [6.07, 6.45) is 0. The fourth-order valence-electron chi connectivity index (χ4n) is 4.97. The Hall–Kier alpha value is -6.39. The molecular weight excluding hydrogens is 574 g/mol. The number of aromatic nitrogens is 3. The van der Waals surface area contributed by atoms with Gasteiger partial charge in [0.15, 0.2) is 17.5 Å². The van der Waals surface area contributed by atoms with Gasteiger partial charge in [-0.15, -0.1) is 0 Å². The maximum atomic E-state index is 9.41. The van der Waals surface area contributed by atoms with Crippen LogP contribution in [0.5, 0.6) is 0 Å². The zero-order valence-electron chi connectivity index (χ0n) is 46.6. The molecular formula is C43H27N3O. The summed E-state index contributed by atoms with van der Waals surface area (Å²) in [6, 6.07) is -11.3. The average Bonchev–Trinajstić information content (AvgIpc) is 3.74. The third kappa shape index (κ3) is 4.93. The van der Waals surface area contributed by atoms with Gasteiger partial charge in [-0.3, -0.25) is 0 Å². The summed E-state index contributed by atoms with van der Waals surface area (Å²) >= 11 is 0. The van der Waals surface area contributed by atoms with E-state index in [2.05, 4.69) is 15.0 Å². The zero-order chi connectivity index (χ0) is 51.2. The molecule has 0 aliphatic heterocycles. The molecule has 0 N–H and O–H groups in total. The quantitative estimate of drug-likeness (QED) is 0.191. The number of benzene rings is 7. The first kappa shape index (κ1) is 12.4. The lowest BCUT2D eigenvalue weighted by Crippen LogP contribution is -2.00. The fraction of sp³-hybridized carbons (Fsp3) is 0. The van der Waals surface area contributed by atoms with Crippen LogP contribution in [0.1, 0.15) is 31.5 Å². The predicted octanol–water partition coefficient (Wildman–Crippen LogP) is 11.3. The summed E-state index contributed by atoms with van der Waals surface area (Å²) in [6.45, 7) is 0. The molecule has 0 radical (unpaired) electrons. The second kappa shape index (κ2) is 11.2. The van der Waals surface area contributed by atoms with Crippen LogP contribution in [0, 0.1) is 0 Å². The lowest BCUT2D eigenvalue weighted by Gasteiger charge is -2.11. The minimum atomic E-state index is -0.862. The Kier molecular flexibility index (Phi) is 2.96. The fourth-order valence-corrected chi connectivity index (χ4v) is 4.97. The molecule has 4 nitrogen and oxygen atoms in total. The normalized spacial score (nSPS) is 18.3. The standard InChI is InChI=1S/C43H27N3O/c1-3-11-28(12-4-1)30-21-22-32-26-35(24-23-31(32)25-30)43-45-41(29-13-5-2-6-14-29)44-42(46-43)34-16-9-15-33(27-34)36-18-10-20-39-40(36)37-17-7-8-19-38(37)47-39/h1-27H/i1D,2D,3D,4D,5D,6D,7D,8D,10D,11D,12D,13D,14D,17D,18D,19D,20D,21D,22D,23D,24D,25D,26D. The van der Waals surface area contributed by atoms with Crippen molar-refractivity contribution in [1.82, 2.24) is 15.0 Å². The highest BCUT2D eigenvalue weighted by molar-refractivity contribution is 6.12. The molecule has 0 amide bonds.